The Kier molecular flexibility index (Phi) is 5.28. The van der Waals surface area contributed by atoms with Gasteiger partial charge >= 0.3 is 6.03 Å². The lowest BCUT2D eigenvalue weighted by atomic mass is 9.93. The first-order valence-electron chi connectivity index (χ1n) is 8.11. The summed E-state index contributed by atoms with van der Waals surface area (Å²) in [6, 6.07) is 16.5. The van der Waals surface area contributed by atoms with E-state index in [1.54, 1.807) is 25.3 Å². The zero-order valence-electron chi connectivity index (χ0n) is 14.6. The van der Waals surface area contributed by atoms with Gasteiger partial charge in [-0.3, -0.25) is 0 Å². The van der Waals surface area contributed by atoms with Gasteiger partial charge in [0.2, 0.25) is 12.3 Å². The van der Waals surface area contributed by atoms with Crippen molar-refractivity contribution in [1.29, 1.82) is 0 Å². The van der Waals surface area contributed by atoms with Crippen LogP contribution >= 0.6 is 0 Å². The number of carbonyl (C=O) groups is 1. The number of rotatable bonds is 6. The number of anilines is 1. The Morgan fingerprint density at radius 2 is 2.00 bits per heavy atom. The number of amides is 2. The summed E-state index contributed by atoms with van der Waals surface area (Å²) in [5.41, 5.74) is 1.63. The molecule has 1 aromatic heterocycles. The molecule has 7 nitrogen and oxygen atoms in total. The van der Waals surface area contributed by atoms with Crippen molar-refractivity contribution in [2.45, 2.75) is 12.5 Å². The van der Waals surface area contributed by atoms with Crippen LogP contribution < -0.4 is 10.6 Å². The van der Waals surface area contributed by atoms with Gasteiger partial charge in [-0.15, -0.1) is 10.2 Å². The summed E-state index contributed by atoms with van der Waals surface area (Å²) in [7, 11) is 1.61. The molecule has 0 aliphatic heterocycles. The van der Waals surface area contributed by atoms with Crippen LogP contribution in [0.25, 0.3) is 11.5 Å². The van der Waals surface area contributed by atoms with Gasteiger partial charge in [0.15, 0.2) is 0 Å². The van der Waals surface area contributed by atoms with Crippen LogP contribution in [0.2, 0.25) is 0 Å². The molecule has 0 aliphatic carbocycles. The fourth-order valence-electron chi connectivity index (χ4n) is 2.73. The van der Waals surface area contributed by atoms with E-state index in [0.29, 0.717) is 18.2 Å². The van der Waals surface area contributed by atoms with Crippen molar-refractivity contribution in [2.24, 2.45) is 0 Å². The van der Waals surface area contributed by atoms with E-state index in [2.05, 4.69) is 20.8 Å². The van der Waals surface area contributed by atoms with Crippen LogP contribution in [0.15, 0.2) is 65.4 Å². The lowest BCUT2D eigenvalue weighted by Gasteiger charge is -2.30. The minimum absolute atomic E-state index is 0.337. The molecule has 2 aromatic carbocycles. The molecule has 0 spiro atoms. The van der Waals surface area contributed by atoms with Crippen LogP contribution in [0.1, 0.15) is 12.5 Å². The molecule has 0 fully saturated rings. The Hall–Kier alpha value is -3.19. The Balaban J connectivity index is 1.74. The molecular weight excluding hydrogens is 332 g/mol. The normalized spacial score (nSPS) is 13.0. The first kappa shape index (κ1) is 17.6. The van der Waals surface area contributed by atoms with Crippen molar-refractivity contribution >= 4 is 11.7 Å². The zero-order chi connectivity index (χ0) is 18.4. The van der Waals surface area contributed by atoms with Gasteiger partial charge < -0.3 is 19.8 Å². The molecule has 134 valence electrons. The zero-order valence-corrected chi connectivity index (χ0v) is 14.6. The summed E-state index contributed by atoms with van der Waals surface area (Å²) < 4.78 is 10.5. The number of nitrogens with one attached hydrogen (secondary N) is 2. The van der Waals surface area contributed by atoms with E-state index < -0.39 is 5.54 Å². The number of aromatic nitrogens is 2. The number of methoxy groups -OCH3 is 1. The standard InChI is InChI=1S/C19H20N4O3/c1-19(12-25-2,15-8-4-3-5-9-15)22-18(24)21-16-10-6-7-14(11-16)17-23-20-13-26-17/h3-11,13H,12H2,1-2H3,(H2,21,22,24). The highest BCUT2D eigenvalue weighted by atomic mass is 16.5. The van der Waals surface area contributed by atoms with Crippen LogP contribution in [0, 0.1) is 0 Å². The van der Waals surface area contributed by atoms with E-state index in [1.165, 1.54) is 6.39 Å². The van der Waals surface area contributed by atoms with Crippen LogP contribution in [0.3, 0.4) is 0 Å². The molecule has 1 atom stereocenters. The molecule has 0 saturated carbocycles. The van der Waals surface area contributed by atoms with Crippen LogP contribution in [0.5, 0.6) is 0 Å². The first-order valence-corrected chi connectivity index (χ1v) is 8.11. The van der Waals surface area contributed by atoms with Crippen molar-refractivity contribution < 1.29 is 13.9 Å². The van der Waals surface area contributed by atoms with Gasteiger partial charge in [0.25, 0.3) is 0 Å². The minimum Gasteiger partial charge on any atom is -0.423 e. The Labute approximate surface area is 151 Å². The molecule has 3 rings (SSSR count). The molecule has 2 N–H and O–H groups in total. The third-order valence-corrected chi connectivity index (χ3v) is 3.96. The molecule has 0 saturated heterocycles. The Morgan fingerprint density at radius 3 is 2.69 bits per heavy atom. The molecule has 0 aliphatic rings. The highest BCUT2D eigenvalue weighted by Gasteiger charge is 2.28. The van der Waals surface area contributed by atoms with Crippen molar-refractivity contribution in [3.63, 3.8) is 0 Å². The third-order valence-electron chi connectivity index (χ3n) is 3.96. The summed E-state index contributed by atoms with van der Waals surface area (Å²) in [6.07, 6.45) is 1.26. The average molecular weight is 352 g/mol. The number of hydrogen-bond acceptors (Lipinski definition) is 5. The van der Waals surface area contributed by atoms with Gasteiger partial charge in [0.1, 0.15) is 0 Å². The van der Waals surface area contributed by atoms with Crippen LogP contribution in [0.4, 0.5) is 10.5 Å². The van der Waals surface area contributed by atoms with Gasteiger partial charge in [0.05, 0.1) is 12.1 Å². The number of benzene rings is 2. The largest absolute Gasteiger partial charge is 0.423 e. The Morgan fingerprint density at radius 1 is 1.19 bits per heavy atom. The summed E-state index contributed by atoms with van der Waals surface area (Å²) in [6.45, 7) is 2.26. The van der Waals surface area contributed by atoms with Crippen LogP contribution in [-0.2, 0) is 10.3 Å². The van der Waals surface area contributed by atoms with E-state index in [1.807, 2.05) is 43.3 Å². The van der Waals surface area contributed by atoms with E-state index in [0.717, 1.165) is 11.1 Å². The second-order valence-corrected chi connectivity index (χ2v) is 6.03. The monoisotopic (exact) mass is 352 g/mol. The smallest absolute Gasteiger partial charge is 0.320 e. The van der Waals surface area contributed by atoms with Gasteiger partial charge in [-0.2, -0.15) is 0 Å². The SMILES string of the molecule is COCC(C)(NC(=O)Nc1cccc(-c2nnco2)c1)c1ccccc1. The molecule has 1 heterocycles. The lowest BCUT2D eigenvalue weighted by molar-refractivity contribution is 0.123. The molecule has 0 bridgehead atoms. The van der Waals surface area contributed by atoms with Gasteiger partial charge in [-0.05, 0) is 30.7 Å². The lowest BCUT2D eigenvalue weighted by Crippen LogP contribution is -2.48. The summed E-state index contributed by atoms with van der Waals surface area (Å²) in [5, 5.41) is 13.3. The molecule has 3 aromatic rings. The molecule has 1 unspecified atom stereocenters. The maximum atomic E-state index is 12.5. The maximum Gasteiger partial charge on any atom is 0.320 e. The highest BCUT2D eigenvalue weighted by molar-refractivity contribution is 5.90. The second kappa shape index (κ2) is 7.79. The maximum absolute atomic E-state index is 12.5. The molecule has 26 heavy (non-hydrogen) atoms. The number of urea groups is 1. The fraction of sp³-hybridized carbons (Fsp3) is 0.211. The molecule has 7 heteroatoms. The number of carbonyl (C=O) groups excluding carboxylic acids is 1. The predicted molar refractivity (Wildman–Crippen MR) is 97.6 cm³/mol. The van der Waals surface area contributed by atoms with Crippen molar-refractivity contribution in [3.8, 4) is 11.5 Å². The van der Waals surface area contributed by atoms with E-state index in [9.17, 15) is 4.79 Å². The number of ether oxygens (including phenoxy) is 1. The predicted octanol–water partition coefficient (Wildman–Crippen LogP) is 3.42. The summed E-state index contributed by atoms with van der Waals surface area (Å²) in [4.78, 5) is 12.5. The second-order valence-electron chi connectivity index (χ2n) is 6.03. The number of nitrogens with zero attached hydrogens (tertiary/aromatic N) is 2. The molecule has 0 radical (unpaired) electrons. The quantitative estimate of drug-likeness (QED) is 0.709. The third kappa shape index (κ3) is 4.07. The number of hydrogen-bond donors (Lipinski definition) is 2. The van der Waals surface area contributed by atoms with Crippen LogP contribution in [-0.4, -0.2) is 29.9 Å². The topological polar surface area (TPSA) is 89.3 Å². The first-order chi connectivity index (χ1) is 12.6. The van der Waals surface area contributed by atoms with Crippen molar-refractivity contribution in [1.82, 2.24) is 15.5 Å². The molecular formula is C19H20N4O3. The van der Waals surface area contributed by atoms with Crippen molar-refractivity contribution in [3.05, 3.63) is 66.6 Å². The van der Waals surface area contributed by atoms with Gasteiger partial charge in [-0.1, -0.05) is 36.4 Å². The van der Waals surface area contributed by atoms with Crippen molar-refractivity contribution in [2.75, 3.05) is 19.0 Å². The molecule has 2 amide bonds. The minimum atomic E-state index is -0.663. The Bertz CT molecular complexity index is 852. The highest BCUT2D eigenvalue weighted by Crippen LogP contribution is 2.23. The van der Waals surface area contributed by atoms with E-state index >= 15 is 0 Å². The average Bonchev–Trinajstić information content (AvgIpc) is 3.17. The summed E-state index contributed by atoms with van der Waals surface area (Å²) >= 11 is 0. The van der Waals surface area contributed by atoms with Gasteiger partial charge in [0, 0.05) is 18.4 Å². The van der Waals surface area contributed by atoms with Gasteiger partial charge in [-0.25, -0.2) is 4.79 Å². The van der Waals surface area contributed by atoms with E-state index in [4.69, 9.17) is 9.15 Å². The summed E-state index contributed by atoms with van der Waals surface area (Å²) in [5.74, 6) is 0.391. The fourth-order valence-corrected chi connectivity index (χ4v) is 2.73. The van der Waals surface area contributed by atoms with E-state index in [-0.39, 0.29) is 6.03 Å².